The monoisotopic (exact) mass is 289 g/mol. The van der Waals surface area contributed by atoms with Crippen molar-refractivity contribution in [2.45, 2.75) is 51.5 Å². The molecule has 1 aliphatic heterocycles. The number of carbonyl (C=O) groups excluding carboxylic acids is 1. The molecule has 116 valence electrons. The zero-order chi connectivity index (χ0) is 15.1. The molecule has 0 aliphatic carbocycles. The maximum Gasteiger partial charge on any atom is 0.241 e. The largest absolute Gasteiger partial charge is 0.372 e. The second kappa shape index (κ2) is 8.03. The minimum atomic E-state index is -0.416. The fourth-order valence-electron chi connectivity index (χ4n) is 2.76. The van der Waals surface area contributed by atoms with E-state index in [1.165, 1.54) is 31.4 Å². The highest BCUT2D eigenvalue weighted by atomic mass is 16.2. The van der Waals surface area contributed by atoms with Gasteiger partial charge < -0.3 is 16.0 Å². The minimum absolute atomic E-state index is 0.0978. The smallest absolute Gasteiger partial charge is 0.241 e. The highest BCUT2D eigenvalue weighted by molar-refractivity contribution is 5.94. The lowest BCUT2D eigenvalue weighted by molar-refractivity contribution is -0.117. The third kappa shape index (κ3) is 4.74. The van der Waals surface area contributed by atoms with Gasteiger partial charge in [0.15, 0.2) is 0 Å². The van der Waals surface area contributed by atoms with Crippen LogP contribution < -0.4 is 16.0 Å². The van der Waals surface area contributed by atoms with E-state index < -0.39 is 6.04 Å². The van der Waals surface area contributed by atoms with E-state index in [0.29, 0.717) is 0 Å². The first-order valence-electron chi connectivity index (χ1n) is 8.12. The predicted octanol–water partition coefficient (Wildman–Crippen LogP) is 3.13. The molecule has 1 aliphatic rings. The van der Waals surface area contributed by atoms with Gasteiger partial charge in [-0.05, 0) is 43.5 Å². The highest BCUT2D eigenvalue weighted by Crippen LogP contribution is 2.21. The van der Waals surface area contributed by atoms with Crippen LogP contribution in [0.15, 0.2) is 24.3 Å². The van der Waals surface area contributed by atoms with Crippen molar-refractivity contribution in [2.75, 3.05) is 23.3 Å². The quantitative estimate of drug-likeness (QED) is 0.875. The number of rotatable bonds is 5. The Morgan fingerprint density at radius 2 is 1.81 bits per heavy atom. The van der Waals surface area contributed by atoms with E-state index in [1.807, 2.05) is 19.1 Å². The summed E-state index contributed by atoms with van der Waals surface area (Å²) in [5, 5.41) is 2.89. The molecular formula is C17H27N3O. The maximum atomic E-state index is 11.9. The molecule has 21 heavy (non-hydrogen) atoms. The van der Waals surface area contributed by atoms with Gasteiger partial charge in [0, 0.05) is 24.5 Å². The Bertz CT molecular complexity index is 436. The SMILES string of the molecule is CCC[C@H](N)C(=O)Nc1ccc(N2CCCCCC2)cc1. The molecule has 1 fully saturated rings. The first-order valence-corrected chi connectivity index (χ1v) is 8.12. The Morgan fingerprint density at radius 1 is 1.19 bits per heavy atom. The molecular weight excluding hydrogens is 262 g/mol. The summed E-state index contributed by atoms with van der Waals surface area (Å²) in [5.41, 5.74) is 7.89. The Kier molecular flexibility index (Phi) is 6.05. The molecule has 2 rings (SSSR count). The Hall–Kier alpha value is -1.55. The predicted molar refractivity (Wildman–Crippen MR) is 88.6 cm³/mol. The van der Waals surface area contributed by atoms with Crippen LogP contribution in [0.1, 0.15) is 45.4 Å². The molecule has 0 radical (unpaired) electrons. The summed E-state index contributed by atoms with van der Waals surface area (Å²) in [6.07, 6.45) is 6.84. The summed E-state index contributed by atoms with van der Waals surface area (Å²) in [6.45, 7) is 4.29. The molecule has 0 bridgehead atoms. The second-order valence-corrected chi connectivity index (χ2v) is 5.83. The van der Waals surface area contributed by atoms with Crippen LogP contribution in [-0.4, -0.2) is 25.0 Å². The van der Waals surface area contributed by atoms with E-state index in [4.69, 9.17) is 5.73 Å². The van der Waals surface area contributed by atoms with Crippen molar-refractivity contribution in [2.24, 2.45) is 5.73 Å². The first-order chi connectivity index (χ1) is 10.2. The van der Waals surface area contributed by atoms with Gasteiger partial charge in [-0.3, -0.25) is 4.79 Å². The fourth-order valence-corrected chi connectivity index (χ4v) is 2.76. The minimum Gasteiger partial charge on any atom is -0.372 e. The van der Waals surface area contributed by atoms with E-state index in [9.17, 15) is 4.79 Å². The summed E-state index contributed by atoms with van der Waals surface area (Å²) in [4.78, 5) is 14.3. The molecule has 3 N–H and O–H groups in total. The second-order valence-electron chi connectivity index (χ2n) is 5.83. The number of amides is 1. The van der Waals surface area contributed by atoms with Crippen LogP contribution >= 0.6 is 0 Å². The van der Waals surface area contributed by atoms with Crippen LogP contribution in [0.4, 0.5) is 11.4 Å². The van der Waals surface area contributed by atoms with Crippen molar-refractivity contribution in [3.05, 3.63) is 24.3 Å². The lowest BCUT2D eigenvalue weighted by atomic mass is 10.1. The van der Waals surface area contributed by atoms with Gasteiger partial charge in [0.1, 0.15) is 0 Å². The number of nitrogens with two attached hydrogens (primary N) is 1. The molecule has 1 atom stereocenters. The molecule has 4 heteroatoms. The molecule has 0 spiro atoms. The van der Waals surface area contributed by atoms with Gasteiger partial charge in [0.25, 0.3) is 0 Å². The van der Waals surface area contributed by atoms with Crippen molar-refractivity contribution < 1.29 is 4.79 Å². The third-order valence-electron chi connectivity index (χ3n) is 4.04. The normalized spacial score (nSPS) is 17.1. The number of carbonyl (C=O) groups is 1. The van der Waals surface area contributed by atoms with Crippen LogP contribution in [0, 0.1) is 0 Å². The Balaban J connectivity index is 1.93. The number of hydrogen-bond donors (Lipinski definition) is 2. The molecule has 4 nitrogen and oxygen atoms in total. The van der Waals surface area contributed by atoms with Crippen molar-refractivity contribution in [1.29, 1.82) is 0 Å². The molecule has 1 heterocycles. The van der Waals surface area contributed by atoms with E-state index >= 15 is 0 Å². The van der Waals surface area contributed by atoms with Crippen molar-refractivity contribution in [3.8, 4) is 0 Å². The van der Waals surface area contributed by atoms with Gasteiger partial charge in [-0.2, -0.15) is 0 Å². The molecule has 1 amide bonds. The van der Waals surface area contributed by atoms with Crippen LogP contribution in [0.25, 0.3) is 0 Å². The number of nitrogens with zero attached hydrogens (tertiary/aromatic N) is 1. The first kappa shape index (κ1) is 15.8. The van der Waals surface area contributed by atoms with Crippen molar-refractivity contribution in [1.82, 2.24) is 0 Å². The van der Waals surface area contributed by atoms with Crippen molar-refractivity contribution >= 4 is 17.3 Å². The van der Waals surface area contributed by atoms with Gasteiger partial charge in [-0.1, -0.05) is 26.2 Å². The van der Waals surface area contributed by atoms with Crippen LogP contribution in [-0.2, 0) is 4.79 Å². The number of hydrogen-bond acceptors (Lipinski definition) is 3. The zero-order valence-electron chi connectivity index (χ0n) is 13.0. The van der Waals surface area contributed by atoms with E-state index in [-0.39, 0.29) is 5.91 Å². The molecule has 0 saturated carbocycles. The number of anilines is 2. The summed E-state index contributed by atoms with van der Waals surface area (Å²) in [5.74, 6) is -0.0978. The van der Waals surface area contributed by atoms with Gasteiger partial charge >= 0.3 is 0 Å². The van der Waals surface area contributed by atoms with Gasteiger partial charge in [-0.15, -0.1) is 0 Å². The summed E-state index contributed by atoms with van der Waals surface area (Å²) in [7, 11) is 0. The molecule has 1 aromatic rings. The fraction of sp³-hybridized carbons (Fsp3) is 0.588. The van der Waals surface area contributed by atoms with Gasteiger partial charge in [0.05, 0.1) is 6.04 Å². The molecule has 0 unspecified atom stereocenters. The van der Waals surface area contributed by atoms with E-state index in [2.05, 4.69) is 22.3 Å². The standard InChI is InChI=1S/C17H27N3O/c1-2-7-16(18)17(21)19-14-8-10-15(11-9-14)20-12-5-3-4-6-13-20/h8-11,16H,2-7,12-13,18H2,1H3,(H,19,21)/t16-/m0/s1. The lowest BCUT2D eigenvalue weighted by Crippen LogP contribution is -2.35. The number of nitrogens with one attached hydrogen (secondary N) is 1. The Labute approximate surface area is 127 Å². The van der Waals surface area contributed by atoms with E-state index in [1.54, 1.807) is 0 Å². The molecule has 0 aromatic heterocycles. The zero-order valence-corrected chi connectivity index (χ0v) is 13.0. The highest BCUT2D eigenvalue weighted by Gasteiger charge is 2.13. The summed E-state index contributed by atoms with van der Waals surface area (Å²) < 4.78 is 0. The van der Waals surface area contributed by atoms with E-state index in [0.717, 1.165) is 31.6 Å². The third-order valence-corrected chi connectivity index (χ3v) is 4.04. The average Bonchev–Trinajstić information content (AvgIpc) is 2.77. The maximum absolute atomic E-state index is 11.9. The van der Waals surface area contributed by atoms with Crippen LogP contribution in [0.5, 0.6) is 0 Å². The topological polar surface area (TPSA) is 58.4 Å². The summed E-state index contributed by atoms with van der Waals surface area (Å²) >= 11 is 0. The van der Waals surface area contributed by atoms with Crippen LogP contribution in [0.2, 0.25) is 0 Å². The number of benzene rings is 1. The van der Waals surface area contributed by atoms with Gasteiger partial charge in [-0.25, -0.2) is 0 Å². The molecule has 1 aromatic carbocycles. The van der Waals surface area contributed by atoms with Crippen LogP contribution in [0.3, 0.4) is 0 Å². The summed E-state index contributed by atoms with van der Waals surface area (Å²) in [6, 6.07) is 7.70. The van der Waals surface area contributed by atoms with Crippen molar-refractivity contribution in [3.63, 3.8) is 0 Å². The van der Waals surface area contributed by atoms with Gasteiger partial charge in [0.2, 0.25) is 5.91 Å². The Morgan fingerprint density at radius 3 is 2.38 bits per heavy atom. The lowest BCUT2D eigenvalue weighted by Gasteiger charge is -2.23. The molecule has 1 saturated heterocycles. The average molecular weight is 289 g/mol.